The molecule has 25 heavy (non-hydrogen) atoms. The Morgan fingerprint density at radius 2 is 2.24 bits per heavy atom. The number of tetrazole rings is 1. The highest BCUT2D eigenvalue weighted by molar-refractivity contribution is 7.17. The molecule has 0 bridgehead atoms. The summed E-state index contributed by atoms with van der Waals surface area (Å²) in [5, 5.41) is 19.1. The molecule has 3 aromatic rings. The average molecular weight is 374 g/mol. The van der Waals surface area contributed by atoms with Crippen molar-refractivity contribution in [2.24, 2.45) is 5.73 Å². The Bertz CT molecular complexity index is 944. The predicted octanol–water partition coefficient (Wildman–Crippen LogP) is 1.69. The van der Waals surface area contributed by atoms with E-state index in [9.17, 15) is 9.59 Å². The largest absolute Gasteiger partial charge is 0.365 e. The molecule has 128 valence electrons. The van der Waals surface area contributed by atoms with Gasteiger partial charge in [0.15, 0.2) is 0 Å². The molecule has 0 saturated heterocycles. The molecule has 0 aliphatic heterocycles. The summed E-state index contributed by atoms with van der Waals surface area (Å²) in [6, 6.07) is 1.89. The van der Waals surface area contributed by atoms with E-state index < -0.39 is 5.91 Å². The van der Waals surface area contributed by atoms with Crippen LogP contribution in [0.25, 0.3) is 11.4 Å². The molecule has 3 N–H and O–H groups in total. The number of anilines is 1. The predicted molar refractivity (Wildman–Crippen MR) is 94.6 cm³/mol. The number of thiophene rings is 2. The van der Waals surface area contributed by atoms with Crippen LogP contribution >= 0.6 is 22.7 Å². The Hall–Kier alpha value is -2.59. The second-order valence-corrected chi connectivity index (χ2v) is 7.51. The van der Waals surface area contributed by atoms with Crippen LogP contribution in [0.4, 0.5) is 5.00 Å². The first-order valence-electron chi connectivity index (χ1n) is 7.66. The van der Waals surface area contributed by atoms with Gasteiger partial charge in [-0.15, -0.1) is 21.5 Å². The first kappa shape index (κ1) is 15.9. The summed E-state index contributed by atoms with van der Waals surface area (Å²) in [7, 11) is 0. The van der Waals surface area contributed by atoms with E-state index in [0.717, 1.165) is 35.3 Å². The van der Waals surface area contributed by atoms with E-state index in [2.05, 4.69) is 20.7 Å². The molecule has 8 nitrogen and oxygen atoms in total. The molecule has 4 rings (SSSR count). The third kappa shape index (κ3) is 3.05. The Balaban J connectivity index is 1.49. The lowest BCUT2D eigenvalue weighted by molar-refractivity contribution is -0.117. The lowest BCUT2D eigenvalue weighted by Crippen LogP contribution is -2.22. The highest BCUT2D eigenvalue weighted by Crippen LogP contribution is 2.38. The van der Waals surface area contributed by atoms with Gasteiger partial charge in [-0.05, 0) is 41.5 Å². The van der Waals surface area contributed by atoms with Crippen molar-refractivity contribution in [3.63, 3.8) is 0 Å². The van der Waals surface area contributed by atoms with Crippen molar-refractivity contribution in [3.05, 3.63) is 32.8 Å². The van der Waals surface area contributed by atoms with E-state index in [0.29, 0.717) is 16.4 Å². The number of nitrogens with two attached hydrogens (primary N) is 1. The lowest BCUT2D eigenvalue weighted by atomic mass is 10.1. The minimum atomic E-state index is -0.506. The molecule has 0 saturated carbocycles. The summed E-state index contributed by atoms with van der Waals surface area (Å²) in [6.45, 7) is -0.0854. The highest BCUT2D eigenvalue weighted by atomic mass is 32.1. The standard InChI is InChI=1S/C15H14N6O2S2/c16-13(23)12-9-2-1-3-10(9)25-15(12)17-11(22)6-21-19-14(18-20-21)8-4-5-24-7-8/h4-5,7H,1-3,6H2,(H2,16,23)(H,17,22). The second kappa shape index (κ2) is 6.37. The molecular formula is C15H14N6O2S2. The van der Waals surface area contributed by atoms with Gasteiger partial charge in [0.2, 0.25) is 11.7 Å². The van der Waals surface area contributed by atoms with Gasteiger partial charge in [0.25, 0.3) is 5.91 Å². The monoisotopic (exact) mass is 374 g/mol. The van der Waals surface area contributed by atoms with E-state index in [1.54, 1.807) is 0 Å². The molecule has 10 heteroatoms. The fraction of sp³-hybridized carbons (Fsp3) is 0.267. The van der Waals surface area contributed by atoms with Gasteiger partial charge < -0.3 is 11.1 Å². The molecule has 1 aliphatic carbocycles. The van der Waals surface area contributed by atoms with Gasteiger partial charge >= 0.3 is 0 Å². The number of nitrogens with zero attached hydrogens (tertiary/aromatic N) is 4. The number of aryl methyl sites for hydroxylation is 1. The molecule has 0 aromatic carbocycles. The first-order valence-corrected chi connectivity index (χ1v) is 9.42. The van der Waals surface area contributed by atoms with Crippen LogP contribution in [0.5, 0.6) is 0 Å². The third-order valence-corrected chi connectivity index (χ3v) is 5.83. The Kier molecular flexibility index (Phi) is 4.06. The number of carbonyl (C=O) groups is 2. The zero-order valence-corrected chi connectivity index (χ0v) is 14.7. The normalized spacial score (nSPS) is 13.0. The van der Waals surface area contributed by atoms with Crippen molar-refractivity contribution >= 4 is 39.5 Å². The molecule has 3 heterocycles. The molecule has 0 fully saturated rings. The van der Waals surface area contributed by atoms with Crippen LogP contribution in [0.15, 0.2) is 16.8 Å². The fourth-order valence-corrected chi connectivity index (χ4v) is 4.81. The number of hydrogen-bond acceptors (Lipinski definition) is 7. The number of carbonyl (C=O) groups excluding carboxylic acids is 2. The minimum Gasteiger partial charge on any atom is -0.365 e. The summed E-state index contributed by atoms with van der Waals surface area (Å²) in [5.74, 6) is -0.355. The van der Waals surface area contributed by atoms with Crippen molar-refractivity contribution in [1.82, 2.24) is 20.2 Å². The highest BCUT2D eigenvalue weighted by Gasteiger charge is 2.26. The van der Waals surface area contributed by atoms with Crippen LogP contribution in [-0.2, 0) is 24.2 Å². The van der Waals surface area contributed by atoms with Crippen LogP contribution in [0.3, 0.4) is 0 Å². The van der Waals surface area contributed by atoms with Crippen molar-refractivity contribution in [1.29, 1.82) is 0 Å². The maximum atomic E-state index is 12.3. The van der Waals surface area contributed by atoms with E-state index in [1.165, 1.54) is 27.5 Å². The summed E-state index contributed by atoms with van der Waals surface area (Å²) in [6.07, 6.45) is 2.77. The van der Waals surface area contributed by atoms with Gasteiger partial charge in [-0.25, -0.2) is 0 Å². The zero-order valence-electron chi connectivity index (χ0n) is 13.1. The van der Waals surface area contributed by atoms with Gasteiger partial charge in [-0.3, -0.25) is 9.59 Å². The smallest absolute Gasteiger partial charge is 0.251 e. The zero-order chi connectivity index (χ0) is 17.4. The van der Waals surface area contributed by atoms with E-state index in [1.807, 2.05) is 16.8 Å². The van der Waals surface area contributed by atoms with Crippen molar-refractivity contribution in [3.8, 4) is 11.4 Å². The topological polar surface area (TPSA) is 116 Å². The van der Waals surface area contributed by atoms with Gasteiger partial charge in [0.05, 0.1) is 5.56 Å². The van der Waals surface area contributed by atoms with E-state index in [4.69, 9.17) is 5.73 Å². The van der Waals surface area contributed by atoms with Crippen LogP contribution in [-0.4, -0.2) is 32.0 Å². The van der Waals surface area contributed by atoms with E-state index in [-0.39, 0.29) is 12.5 Å². The van der Waals surface area contributed by atoms with Crippen LogP contribution < -0.4 is 11.1 Å². The number of aromatic nitrogens is 4. The van der Waals surface area contributed by atoms with Gasteiger partial charge in [0.1, 0.15) is 11.5 Å². The maximum Gasteiger partial charge on any atom is 0.251 e. The van der Waals surface area contributed by atoms with Crippen LogP contribution in [0.1, 0.15) is 27.2 Å². The molecule has 0 radical (unpaired) electrons. The van der Waals surface area contributed by atoms with Crippen LogP contribution in [0, 0.1) is 0 Å². The summed E-state index contributed by atoms with van der Waals surface area (Å²) in [5.41, 5.74) is 7.78. The number of rotatable bonds is 5. The average Bonchev–Trinajstić information content (AvgIpc) is 3.30. The van der Waals surface area contributed by atoms with Crippen molar-refractivity contribution in [2.75, 3.05) is 5.32 Å². The quantitative estimate of drug-likeness (QED) is 0.705. The number of primary amides is 1. The summed E-state index contributed by atoms with van der Waals surface area (Å²) in [4.78, 5) is 26.4. The summed E-state index contributed by atoms with van der Waals surface area (Å²) < 4.78 is 0. The van der Waals surface area contributed by atoms with Gasteiger partial charge in [-0.1, -0.05) is 0 Å². The molecule has 0 atom stereocenters. The summed E-state index contributed by atoms with van der Waals surface area (Å²) >= 11 is 2.96. The van der Waals surface area contributed by atoms with Crippen molar-refractivity contribution in [2.45, 2.75) is 25.8 Å². The fourth-order valence-electron chi connectivity index (χ4n) is 2.87. The lowest BCUT2D eigenvalue weighted by Gasteiger charge is -2.05. The molecule has 0 spiro atoms. The Morgan fingerprint density at radius 1 is 1.36 bits per heavy atom. The number of hydrogen-bond donors (Lipinski definition) is 2. The molecule has 3 aromatic heterocycles. The third-order valence-electron chi connectivity index (χ3n) is 3.94. The van der Waals surface area contributed by atoms with Crippen molar-refractivity contribution < 1.29 is 9.59 Å². The minimum absolute atomic E-state index is 0.0854. The van der Waals surface area contributed by atoms with E-state index >= 15 is 0 Å². The number of nitrogens with one attached hydrogen (secondary N) is 1. The first-order chi connectivity index (χ1) is 12.1. The maximum absolute atomic E-state index is 12.3. The Labute approximate surface area is 150 Å². The Morgan fingerprint density at radius 3 is 3.00 bits per heavy atom. The van der Waals surface area contributed by atoms with Crippen LogP contribution in [0.2, 0.25) is 0 Å². The second-order valence-electron chi connectivity index (χ2n) is 5.63. The molecule has 1 aliphatic rings. The molecule has 2 amide bonds. The van der Waals surface area contributed by atoms with Gasteiger partial charge in [0, 0.05) is 15.8 Å². The SMILES string of the molecule is NC(=O)c1c(NC(=O)Cn2nnc(-c3ccsc3)n2)sc2c1CCC2. The van der Waals surface area contributed by atoms with Gasteiger partial charge in [-0.2, -0.15) is 16.1 Å². The molecule has 0 unspecified atom stereocenters. The number of amides is 2. The number of fused-ring (bicyclic) bond motifs is 1. The molecular weight excluding hydrogens is 360 g/mol.